The largest absolute Gasteiger partial charge is 0.573 e. The van der Waals surface area contributed by atoms with E-state index in [1.807, 2.05) is 0 Å². The first-order valence-electron chi connectivity index (χ1n) is 5.68. The predicted molar refractivity (Wildman–Crippen MR) is 78.7 cm³/mol. The minimum atomic E-state index is -4.68. The first-order valence-corrected chi connectivity index (χ1v) is 7.63. The fraction of sp³-hybridized carbons (Fsp3) is 0.385. The number of alkyl halides is 3. The van der Waals surface area contributed by atoms with Crippen LogP contribution < -0.4 is 10.1 Å². The van der Waals surface area contributed by atoms with Gasteiger partial charge in [-0.3, -0.25) is 0 Å². The summed E-state index contributed by atoms with van der Waals surface area (Å²) in [4.78, 5) is 0. The first kappa shape index (κ1) is 17.2. The van der Waals surface area contributed by atoms with Gasteiger partial charge in [-0.15, -0.1) is 31.4 Å². The molecule has 0 saturated heterocycles. The predicted octanol–water partition coefficient (Wildman–Crippen LogP) is 3.80. The molecule has 1 aromatic rings. The number of ether oxygens (including phenoxy) is 1. The second kappa shape index (κ2) is 8.45. The summed E-state index contributed by atoms with van der Waals surface area (Å²) in [6, 6.07) is 4.48. The Morgan fingerprint density at radius 3 is 2.75 bits per heavy atom. The van der Waals surface area contributed by atoms with E-state index in [1.165, 1.54) is 6.07 Å². The van der Waals surface area contributed by atoms with E-state index in [0.29, 0.717) is 12.3 Å². The maximum atomic E-state index is 12.1. The Morgan fingerprint density at radius 2 is 2.15 bits per heavy atom. The van der Waals surface area contributed by atoms with Gasteiger partial charge < -0.3 is 10.1 Å². The van der Waals surface area contributed by atoms with Crippen LogP contribution in [-0.4, -0.2) is 24.4 Å². The monoisotopic (exact) mass is 367 g/mol. The highest BCUT2D eigenvalue weighted by Crippen LogP contribution is 2.30. The quantitative estimate of drug-likeness (QED) is 0.584. The van der Waals surface area contributed by atoms with E-state index in [9.17, 15) is 13.2 Å². The van der Waals surface area contributed by atoms with Crippen molar-refractivity contribution in [3.05, 3.63) is 28.2 Å². The molecular weight excluding hydrogens is 355 g/mol. The molecule has 0 unspecified atom stereocenters. The van der Waals surface area contributed by atoms with Crippen LogP contribution in [0.2, 0.25) is 0 Å². The topological polar surface area (TPSA) is 21.3 Å². The van der Waals surface area contributed by atoms with Gasteiger partial charge in [0.05, 0.1) is 10.2 Å². The number of hydrogen-bond acceptors (Lipinski definition) is 3. The van der Waals surface area contributed by atoms with Gasteiger partial charge in [-0.05, 0) is 33.6 Å². The molecule has 0 bridgehead atoms. The number of benzene rings is 1. The zero-order valence-electron chi connectivity index (χ0n) is 10.5. The number of rotatable bonds is 7. The molecule has 0 aliphatic rings. The van der Waals surface area contributed by atoms with Crippen LogP contribution in [0, 0.1) is 12.3 Å². The molecule has 0 aliphatic heterocycles. The lowest BCUT2D eigenvalue weighted by atomic mass is 10.2. The second-order valence-electron chi connectivity index (χ2n) is 3.75. The van der Waals surface area contributed by atoms with Gasteiger partial charge in [-0.25, -0.2) is 0 Å². The van der Waals surface area contributed by atoms with Crippen LogP contribution in [0.15, 0.2) is 22.7 Å². The van der Waals surface area contributed by atoms with Crippen molar-refractivity contribution in [3.63, 3.8) is 0 Å². The van der Waals surface area contributed by atoms with Gasteiger partial charge in [0.15, 0.2) is 0 Å². The zero-order valence-corrected chi connectivity index (χ0v) is 12.9. The molecule has 0 heterocycles. The second-order valence-corrected chi connectivity index (χ2v) is 5.71. The third kappa shape index (κ3) is 7.08. The summed E-state index contributed by atoms with van der Waals surface area (Å²) in [5, 5.41) is 3.18. The van der Waals surface area contributed by atoms with Crippen LogP contribution in [0.5, 0.6) is 5.75 Å². The van der Waals surface area contributed by atoms with E-state index in [4.69, 9.17) is 6.42 Å². The van der Waals surface area contributed by atoms with E-state index in [-0.39, 0.29) is 10.2 Å². The summed E-state index contributed by atoms with van der Waals surface area (Å²) in [6.45, 7) is 1.35. The molecule has 0 radical (unpaired) electrons. The number of nitrogens with one attached hydrogen (secondary N) is 1. The van der Waals surface area contributed by atoms with Crippen LogP contribution in [0.25, 0.3) is 0 Å². The number of hydrogen-bond donors (Lipinski definition) is 1. The van der Waals surface area contributed by atoms with Crippen LogP contribution in [0.1, 0.15) is 5.56 Å². The lowest BCUT2D eigenvalue weighted by Crippen LogP contribution is -2.18. The van der Waals surface area contributed by atoms with Crippen molar-refractivity contribution in [3.8, 4) is 18.1 Å². The molecule has 0 aromatic heterocycles. The smallest absolute Gasteiger partial charge is 0.405 e. The third-order valence-electron chi connectivity index (χ3n) is 2.16. The molecule has 7 heteroatoms. The fourth-order valence-corrected chi connectivity index (χ4v) is 2.43. The molecule has 0 fully saturated rings. The summed E-state index contributed by atoms with van der Waals surface area (Å²) in [7, 11) is 0. The summed E-state index contributed by atoms with van der Waals surface area (Å²) in [6.07, 6.45) is 0.436. The minimum absolute atomic E-state index is 0.245. The van der Waals surface area contributed by atoms with E-state index >= 15 is 0 Å². The Labute approximate surface area is 128 Å². The lowest BCUT2D eigenvalue weighted by molar-refractivity contribution is -0.274. The van der Waals surface area contributed by atoms with Gasteiger partial charge in [0.25, 0.3) is 0 Å². The van der Waals surface area contributed by atoms with Crippen LogP contribution >= 0.6 is 27.7 Å². The van der Waals surface area contributed by atoms with Crippen molar-refractivity contribution in [2.75, 3.05) is 18.1 Å². The first-order chi connectivity index (χ1) is 9.42. The molecule has 0 spiro atoms. The van der Waals surface area contributed by atoms with E-state index < -0.39 is 6.36 Å². The standard InChI is InChI=1S/C13H13BrF3NOS/c1-2-6-20-7-5-18-9-10-3-4-12(11(14)8-10)19-13(15,16)17/h1,3-4,8,18H,5-7,9H2. The van der Waals surface area contributed by atoms with Crippen molar-refractivity contribution in [2.24, 2.45) is 0 Å². The maximum Gasteiger partial charge on any atom is 0.573 e. The Kier molecular flexibility index (Phi) is 7.27. The lowest BCUT2D eigenvalue weighted by Gasteiger charge is -2.11. The molecule has 110 valence electrons. The van der Waals surface area contributed by atoms with Crippen LogP contribution in [0.3, 0.4) is 0 Å². The molecular formula is C13H13BrF3NOS. The molecule has 2 nitrogen and oxygen atoms in total. The van der Waals surface area contributed by atoms with Crippen molar-refractivity contribution >= 4 is 27.7 Å². The third-order valence-corrected chi connectivity index (χ3v) is 3.64. The molecule has 1 N–H and O–H groups in total. The van der Waals surface area contributed by atoms with Gasteiger partial charge in [0.1, 0.15) is 5.75 Å². The highest BCUT2D eigenvalue weighted by molar-refractivity contribution is 9.10. The number of halogens is 4. The van der Waals surface area contributed by atoms with Gasteiger partial charge >= 0.3 is 6.36 Å². The minimum Gasteiger partial charge on any atom is -0.405 e. The molecule has 0 atom stereocenters. The Hall–Kier alpha value is -0.840. The molecule has 0 aliphatic carbocycles. The maximum absolute atomic E-state index is 12.1. The average Bonchev–Trinajstić information content (AvgIpc) is 2.35. The number of terminal acetylenes is 1. The molecule has 0 amide bonds. The van der Waals surface area contributed by atoms with Crippen molar-refractivity contribution in [1.29, 1.82) is 0 Å². The van der Waals surface area contributed by atoms with E-state index in [1.54, 1.807) is 23.9 Å². The molecule has 1 aromatic carbocycles. The average molecular weight is 368 g/mol. The Morgan fingerprint density at radius 1 is 1.40 bits per heavy atom. The van der Waals surface area contributed by atoms with Gasteiger partial charge in [0, 0.05) is 18.8 Å². The summed E-state index contributed by atoms with van der Waals surface area (Å²) in [5.41, 5.74) is 0.869. The van der Waals surface area contributed by atoms with Gasteiger partial charge in [-0.1, -0.05) is 12.0 Å². The summed E-state index contributed by atoms with van der Waals surface area (Å²) in [5.74, 6) is 3.85. The summed E-state index contributed by atoms with van der Waals surface area (Å²) < 4.78 is 40.4. The van der Waals surface area contributed by atoms with Gasteiger partial charge in [-0.2, -0.15) is 0 Å². The van der Waals surface area contributed by atoms with Crippen LogP contribution in [0.4, 0.5) is 13.2 Å². The molecule has 1 rings (SSSR count). The SMILES string of the molecule is C#CCSCCNCc1ccc(OC(F)(F)F)c(Br)c1. The Bertz CT molecular complexity index is 474. The van der Waals surface area contributed by atoms with Crippen LogP contribution in [-0.2, 0) is 6.54 Å². The molecule has 20 heavy (non-hydrogen) atoms. The Balaban J connectivity index is 2.42. The normalized spacial score (nSPS) is 11.2. The summed E-state index contributed by atoms with van der Waals surface area (Å²) >= 11 is 4.71. The zero-order chi connectivity index (χ0) is 15.0. The van der Waals surface area contributed by atoms with Crippen molar-refractivity contribution < 1.29 is 17.9 Å². The highest BCUT2D eigenvalue weighted by atomic mass is 79.9. The van der Waals surface area contributed by atoms with Crippen molar-refractivity contribution in [1.82, 2.24) is 5.32 Å². The van der Waals surface area contributed by atoms with Crippen molar-refractivity contribution in [2.45, 2.75) is 12.9 Å². The van der Waals surface area contributed by atoms with Gasteiger partial charge in [0.2, 0.25) is 0 Å². The van der Waals surface area contributed by atoms with E-state index in [0.717, 1.165) is 17.9 Å². The number of thioether (sulfide) groups is 1. The fourth-order valence-electron chi connectivity index (χ4n) is 1.37. The molecule has 0 saturated carbocycles. The highest BCUT2D eigenvalue weighted by Gasteiger charge is 2.31. The van der Waals surface area contributed by atoms with E-state index in [2.05, 4.69) is 31.9 Å².